The number of aromatic nitrogens is 5. The van der Waals surface area contributed by atoms with Gasteiger partial charge in [0.2, 0.25) is 5.91 Å². The number of thioether (sulfide) groups is 1. The van der Waals surface area contributed by atoms with E-state index in [0.29, 0.717) is 27.1 Å². The van der Waals surface area contributed by atoms with Crippen LogP contribution in [0.4, 0.5) is 5.13 Å². The van der Waals surface area contributed by atoms with E-state index in [1.807, 2.05) is 42.6 Å². The molecule has 0 aliphatic carbocycles. The predicted molar refractivity (Wildman–Crippen MR) is 113 cm³/mol. The second-order valence-corrected chi connectivity index (χ2v) is 8.56. The Morgan fingerprint density at radius 3 is 2.86 bits per heavy atom. The Hall–Kier alpha value is -2.98. The SMILES string of the molecule is Cc1csc(NC(=O)C[C@@H]2CSc3nc4c(cnn4-c4ccccc4)c(=O)n32)n1. The zero-order valence-corrected chi connectivity index (χ0v) is 17.0. The van der Waals surface area contributed by atoms with Gasteiger partial charge in [-0.3, -0.25) is 14.2 Å². The molecule has 1 aliphatic rings. The van der Waals surface area contributed by atoms with E-state index in [1.54, 1.807) is 15.4 Å². The van der Waals surface area contributed by atoms with Gasteiger partial charge in [0.05, 0.1) is 23.6 Å². The van der Waals surface area contributed by atoms with Crippen LogP contribution in [0.2, 0.25) is 0 Å². The van der Waals surface area contributed by atoms with Crippen molar-refractivity contribution in [1.82, 2.24) is 24.3 Å². The number of carbonyl (C=O) groups is 1. The molecule has 1 N–H and O–H groups in total. The summed E-state index contributed by atoms with van der Waals surface area (Å²) in [6.07, 6.45) is 1.74. The molecule has 10 heteroatoms. The van der Waals surface area contributed by atoms with Crippen molar-refractivity contribution in [3.8, 4) is 5.69 Å². The standard InChI is InChI=1S/C19H16N6O2S2/c1-11-9-28-18(21-11)22-15(26)7-13-10-29-19-23-16-14(17(27)24(13)19)8-20-25(16)12-5-3-2-4-6-12/h2-6,8-9,13H,7,10H2,1H3,(H,21,22,26)/t13-/m1/s1. The summed E-state index contributed by atoms with van der Waals surface area (Å²) in [5.74, 6) is 0.461. The van der Waals surface area contributed by atoms with Crippen molar-refractivity contribution in [2.75, 3.05) is 11.1 Å². The molecule has 4 heterocycles. The number of nitrogens with zero attached hydrogens (tertiary/aromatic N) is 5. The van der Waals surface area contributed by atoms with Gasteiger partial charge in [-0.15, -0.1) is 11.3 Å². The topological polar surface area (TPSA) is 94.7 Å². The Bertz CT molecular complexity index is 1280. The summed E-state index contributed by atoms with van der Waals surface area (Å²) in [6, 6.07) is 9.33. The smallest absolute Gasteiger partial charge is 0.265 e. The number of benzene rings is 1. The van der Waals surface area contributed by atoms with Crippen LogP contribution in [0.5, 0.6) is 0 Å². The van der Waals surface area contributed by atoms with E-state index in [2.05, 4.69) is 20.4 Å². The summed E-state index contributed by atoms with van der Waals surface area (Å²) in [5.41, 5.74) is 2.07. The summed E-state index contributed by atoms with van der Waals surface area (Å²) in [4.78, 5) is 34.5. The molecule has 29 heavy (non-hydrogen) atoms. The van der Waals surface area contributed by atoms with Gasteiger partial charge >= 0.3 is 0 Å². The first-order valence-corrected chi connectivity index (χ1v) is 10.9. The maximum absolute atomic E-state index is 13.1. The van der Waals surface area contributed by atoms with Gasteiger partial charge in [-0.05, 0) is 19.1 Å². The Morgan fingerprint density at radius 2 is 2.10 bits per heavy atom. The van der Waals surface area contributed by atoms with Gasteiger partial charge < -0.3 is 5.32 Å². The molecule has 5 rings (SSSR count). The van der Waals surface area contributed by atoms with Gasteiger partial charge in [0.1, 0.15) is 5.39 Å². The van der Waals surface area contributed by atoms with Crippen molar-refractivity contribution >= 4 is 45.2 Å². The van der Waals surface area contributed by atoms with Crippen LogP contribution in [0.15, 0.2) is 51.9 Å². The number of amides is 1. The Labute approximate surface area is 173 Å². The van der Waals surface area contributed by atoms with Crippen LogP contribution in [0.1, 0.15) is 18.2 Å². The molecule has 8 nitrogen and oxygen atoms in total. The van der Waals surface area contributed by atoms with E-state index in [0.717, 1.165) is 11.4 Å². The van der Waals surface area contributed by atoms with E-state index in [4.69, 9.17) is 0 Å². The molecule has 0 saturated heterocycles. The third-order valence-electron chi connectivity index (χ3n) is 4.66. The molecule has 1 atom stereocenters. The lowest BCUT2D eigenvalue weighted by Gasteiger charge is -2.12. The van der Waals surface area contributed by atoms with Gasteiger partial charge in [0.25, 0.3) is 5.56 Å². The van der Waals surface area contributed by atoms with Gasteiger partial charge in [-0.1, -0.05) is 30.0 Å². The number of thiazole rings is 1. The highest BCUT2D eigenvalue weighted by Crippen LogP contribution is 2.33. The number of para-hydroxylation sites is 1. The minimum absolute atomic E-state index is 0.162. The third-order valence-corrected chi connectivity index (χ3v) is 6.63. The lowest BCUT2D eigenvalue weighted by atomic mass is 10.2. The lowest BCUT2D eigenvalue weighted by molar-refractivity contribution is -0.116. The second kappa shape index (κ2) is 7.12. The first-order chi connectivity index (χ1) is 14.1. The number of hydrogen-bond acceptors (Lipinski definition) is 7. The number of carbonyl (C=O) groups excluding carboxylic acids is 1. The monoisotopic (exact) mass is 424 g/mol. The normalized spacial score (nSPS) is 15.6. The summed E-state index contributed by atoms with van der Waals surface area (Å²) in [6.45, 7) is 1.88. The van der Waals surface area contributed by atoms with Crippen LogP contribution in [0.3, 0.4) is 0 Å². The molecule has 1 aromatic carbocycles. The van der Waals surface area contributed by atoms with Crippen molar-refractivity contribution in [1.29, 1.82) is 0 Å². The highest BCUT2D eigenvalue weighted by atomic mass is 32.2. The third kappa shape index (κ3) is 3.23. The van der Waals surface area contributed by atoms with Gasteiger partial charge in [0, 0.05) is 17.6 Å². The van der Waals surface area contributed by atoms with Crippen molar-refractivity contribution in [2.45, 2.75) is 24.5 Å². The fourth-order valence-electron chi connectivity index (χ4n) is 3.33. The lowest BCUT2D eigenvalue weighted by Crippen LogP contribution is -2.27. The van der Waals surface area contributed by atoms with Crippen molar-refractivity contribution in [3.05, 3.63) is 58.0 Å². The first kappa shape index (κ1) is 18.1. The van der Waals surface area contributed by atoms with Crippen LogP contribution in [0.25, 0.3) is 16.7 Å². The Balaban J connectivity index is 1.46. The maximum atomic E-state index is 13.1. The molecule has 4 aromatic rings. The quantitative estimate of drug-likeness (QED) is 0.506. The van der Waals surface area contributed by atoms with Crippen LogP contribution in [-0.2, 0) is 4.79 Å². The minimum atomic E-state index is -0.250. The van der Waals surface area contributed by atoms with E-state index in [9.17, 15) is 9.59 Å². The first-order valence-electron chi connectivity index (χ1n) is 9.00. The zero-order chi connectivity index (χ0) is 20.0. The highest BCUT2D eigenvalue weighted by Gasteiger charge is 2.29. The largest absolute Gasteiger partial charge is 0.302 e. The van der Waals surface area contributed by atoms with E-state index < -0.39 is 0 Å². The molecule has 3 aromatic heterocycles. The van der Waals surface area contributed by atoms with E-state index >= 15 is 0 Å². The summed E-state index contributed by atoms with van der Waals surface area (Å²) in [5, 5.41) is 10.7. The summed E-state index contributed by atoms with van der Waals surface area (Å²) >= 11 is 2.87. The Kier molecular flexibility index (Phi) is 4.44. The molecule has 0 fully saturated rings. The predicted octanol–water partition coefficient (Wildman–Crippen LogP) is 3.02. The molecule has 1 amide bonds. The van der Waals surface area contributed by atoms with Crippen molar-refractivity contribution < 1.29 is 4.79 Å². The number of nitrogens with one attached hydrogen (secondary N) is 1. The molecular formula is C19H16N6O2S2. The van der Waals surface area contributed by atoms with Crippen molar-refractivity contribution in [3.63, 3.8) is 0 Å². The molecular weight excluding hydrogens is 408 g/mol. The number of hydrogen-bond donors (Lipinski definition) is 1. The van der Waals surface area contributed by atoms with Crippen LogP contribution in [-0.4, -0.2) is 36.0 Å². The fourth-order valence-corrected chi connectivity index (χ4v) is 5.17. The summed E-state index contributed by atoms with van der Waals surface area (Å²) < 4.78 is 3.29. The molecule has 0 unspecified atom stereocenters. The summed E-state index contributed by atoms with van der Waals surface area (Å²) in [7, 11) is 0. The van der Waals surface area contributed by atoms with E-state index in [1.165, 1.54) is 23.1 Å². The molecule has 0 spiro atoms. The average molecular weight is 425 g/mol. The van der Waals surface area contributed by atoms with Gasteiger partial charge in [-0.25, -0.2) is 14.6 Å². The van der Waals surface area contributed by atoms with Gasteiger partial charge in [-0.2, -0.15) is 5.10 Å². The minimum Gasteiger partial charge on any atom is -0.302 e. The number of rotatable bonds is 4. The van der Waals surface area contributed by atoms with E-state index in [-0.39, 0.29) is 23.9 Å². The van der Waals surface area contributed by atoms with Crippen LogP contribution >= 0.6 is 23.1 Å². The molecule has 1 aliphatic heterocycles. The second-order valence-electron chi connectivity index (χ2n) is 6.71. The molecule has 146 valence electrons. The van der Waals surface area contributed by atoms with Crippen LogP contribution in [0, 0.1) is 6.92 Å². The Morgan fingerprint density at radius 1 is 1.28 bits per heavy atom. The average Bonchev–Trinajstić information content (AvgIpc) is 3.42. The number of anilines is 1. The maximum Gasteiger partial charge on any atom is 0.265 e. The number of fused-ring (bicyclic) bond motifs is 2. The van der Waals surface area contributed by atoms with Gasteiger partial charge in [0.15, 0.2) is 15.9 Å². The van der Waals surface area contributed by atoms with Crippen molar-refractivity contribution in [2.24, 2.45) is 0 Å². The zero-order valence-electron chi connectivity index (χ0n) is 15.4. The molecule has 0 radical (unpaired) electrons. The highest BCUT2D eigenvalue weighted by molar-refractivity contribution is 7.99. The molecule has 0 saturated carbocycles. The number of aryl methyl sites for hydroxylation is 1. The molecule has 0 bridgehead atoms. The van der Waals surface area contributed by atoms with Crippen LogP contribution < -0.4 is 10.9 Å². The fraction of sp³-hybridized carbons (Fsp3) is 0.211.